The highest BCUT2D eigenvalue weighted by molar-refractivity contribution is 5.98. The molecule has 2 aromatic heterocycles. The zero-order chi connectivity index (χ0) is 26.3. The van der Waals surface area contributed by atoms with Crippen molar-refractivity contribution in [1.82, 2.24) is 24.6 Å². The van der Waals surface area contributed by atoms with Crippen molar-refractivity contribution < 1.29 is 19.0 Å². The van der Waals surface area contributed by atoms with Crippen LogP contribution in [0, 0.1) is 0 Å². The molecule has 2 atom stereocenters. The fourth-order valence-electron chi connectivity index (χ4n) is 4.48. The largest absolute Gasteiger partial charge is 0.465 e. The van der Waals surface area contributed by atoms with Crippen LogP contribution in [0.15, 0.2) is 54.6 Å². The first-order chi connectivity index (χ1) is 17.6. The number of ether oxygens (including phenoxy) is 1. The molecule has 1 amide bonds. The molecule has 1 aliphatic heterocycles. The van der Waals surface area contributed by atoms with E-state index in [1.54, 1.807) is 4.68 Å². The molecular formula is C27H29FN6O3. The first kappa shape index (κ1) is 24.5. The first-order valence-electron chi connectivity index (χ1n) is 12.1. The summed E-state index contributed by atoms with van der Waals surface area (Å²) in [5.74, 6) is 2.16. The van der Waals surface area contributed by atoms with Gasteiger partial charge < -0.3 is 20.5 Å². The van der Waals surface area contributed by atoms with Gasteiger partial charge in [-0.2, -0.15) is 5.10 Å². The molecule has 9 nitrogen and oxygen atoms in total. The molecule has 2 aromatic carbocycles. The van der Waals surface area contributed by atoms with Crippen LogP contribution >= 0.6 is 0 Å². The minimum absolute atomic E-state index is 0.204. The van der Waals surface area contributed by atoms with Gasteiger partial charge in [0.15, 0.2) is 5.65 Å². The molecule has 3 heterocycles. The number of alkyl halides is 1. The van der Waals surface area contributed by atoms with Crippen molar-refractivity contribution in [3.63, 3.8) is 0 Å². The van der Waals surface area contributed by atoms with Crippen LogP contribution in [0.1, 0.15) is 39.1 Å². The van der Waals surface area contributed by atoms with E-state index >= 15 is 4.39 Å². The quantitative estimate of drug-likeness (QED) is 0.380. The maximum atomic E-state index is 15.3. The molecule has 0 radical (unpaired) electrons. The Morgan fingerprint density at radius 3 is 2.38 bits per heavy atom. The van der Waals surface area contributed by atoms with Crippen LogP contribution in [0.3, 0.4) is 0 Å². The number of aromatic nitrogens is 4. The Bertz CT molecular complexity index is 1430. The van der Waals surface area contributed by atoms with Gasteiger partial charge in [0.05, 0.1) is 18.0 Å². The lowest BCUT2D eigenvalue weighted by molar-refractivity contribution is 0.0767. The number of nitrogen functional groups attached to an aromatic ring is 1. The van der Waals surface area contributed by atoms with Crippen LogP contribution in [0.25, 0.3) is 22.3 Å². The maximum absolute atomic E-state index is 15.3. The van der Waals surface area contributed by atoms with E-state index < -0.39 is 23.7 Å². The van der Waals surface area contributed by atoms with Crippen molar-refractivity contribution in [3.8, 4) is 22.8 Å². The van der Waals surface area contributed by atoms with Gasteiger partial charge >= 0.3 is 6.09 Å². The summed E-state index contributed by atoms with van der Waals surface area (Å²) in [6.07, 6.45) is -2.31. The van der Waals surface area contributed by atoms with Gasteiger partial charge in [0, 0.05) is 17.5 Å². The summed E-state index contributed by atoms with van der Waals surface area (Å²) in [4.78, 5) is 21.8. The second-order valence-corrected chi connectivity index (χ2v) is 10.2. The van der Waals surface area contributed by atoms with Crippen LogP contribution in [0.5, 0.6) is 11.5 Å². The van der Waals surface area contributed by atoms with Crippen LogP contribution in [0.4, 0.5) is 15.0 Å². The van der Waals surface area contributed by atoms with Gasteiger partial charge in [-0.15, -0.1) is 0 Å². The SMILES string of the molecule is CC(C)(C)c1nc(N)c2c(-c3ccc(Oc4ccccc4)cc3)nn([C@@H]3CCN(C(=O)O)C[C@@H]3F)c2n1. The number of nitrogens with zero attached hydrogens (tertiary/aromatic N) is 5. The molecule has 10 heteroatoms. The standard InChI is InChI=1S/C27H29FN6O3/c1-27(2,3)25-30-23(29)21-22(16-9-11-18(12-10-16)37-17-7-5-4-6-8-17)32-34(24(21)31-25)20-13-14-33(26(35)36)15-19(20)28/h4-12,19-20H,13-15H2,1-3H3,(H,35,36)(H2,29,30,31)/t19-,20+/m0/s1. The average molecular weight is 505 g/mol. The smallest absolute Gasteiger partial charge is 0.407 e. The Kier molecular flexibility index (Phi) is 6.18. The number of carbonyl (C=O) groups is 1. The number of para-hydroxylation sites is 1. The molecule has 1 aliphatic rings. The van der Waals surface area contributed by atoms with E-state index in [2.05, 4.69) is 4.98 Å². The summed E-state index contributed by atoms with van der Waals surface area (Å²) in [7, 11) is 0. The number of anilines is 1. The number of nitrogens with two attached hydrogens (primary N) is 1. The number of amides is 1. The van der Waals surface area contributed by atoms with Gasteiger partial charge in [0.1, 0.15) is 35.0 Å². The Morgan fingerprint density at radius 1 is 1.08 bits per heavy atom. The second kappa shape index (κ2) is 9.34. The van der Waals surface area contributed by atoms with E-state index in [0.29, 0.717) is 28.3 Å². The van der Waals surface area contributed by atoms with Crippen LogP contribution in [-0.4, -0.2) is 55.1 Å². The summed E-state index contributed by atoms with van der Waals surface area (Å²) in [6, 6.07) is 16.2. The number of likely N-dealkylation sites (tertiary alicyclic amines) is 1. The Labute approximate surface area is 213 Å². The minimum Gasteiger partial charge on any atom is -0.465 e. The van der Waals surface area contributed by atoms with E-state index in [-0.39, 0.29) is 25.3 Å². The van der Waals surface area contributed by atoms with Gasteiger partial charge in [-0.25, -0.2) is 23.8 Å². The molecule has 0 aliphatic carbocycles. The minimum atomic E-state index is -1.45. The highest BCUT2D eigenvalue weighted by atomic mass is 19.1. The van der Waals surface area contributed by atoms with Gasteiger partial charge in [-0.1, -0.05) is 39.0 Å². The third kappa shape index (κ3) is 4.78. The number of piperidine rings is 1. The third-order valence-electron chi connectivity index (χ3n) is 6.45. The normalized spacial score (nSPS) is 18.2. The molecule has 4 aromatic rings. The first-order valence-corrected chi connectivity index (χ1v) is 12.1. The van der Waals surface area contributed by atoms with Crippen molar-refractivity contribution in [2.24, 2.45) is 0 Å². The Balaban J connectivity index is 1.58. The number of halogens is 1. The topological polar surface area (TPSA) is 119 Å². The monoisotopic (exact) mass is 504 g/mol. The maximum Gasteiger partial charge on any atom is 0.407 e. The third-order valence-corrected chi connectivity index (χ3v) is 6.45. The molecule has 3 N–H and O–H groups in total. The molecule has 192 valence electrons. The lowest BCUT2D eigenvalue weighted by Crippen LogP contribution is -2.45. The van der Waals surface area contributed by atoms with E-state index in [9.17, 15) is 9.90 Å². The second-order valence-electron chi connectivity index (χ2n) is 10.2. The molecule has 0 spiro atoms. The summed E-state index contributed by atoms with van der Waals surface area (Å²) in [5.41, 5.74) is 7.79. The summed E-state index contributed by atoms with van der Waals surface area (Å²) < 4.78 is 22.8. The Morgan fingerprint density at radius 2 is 1.76 bits per heavy atom. The van der Waals surface area contributed by atoms with Crippen molar-refractivity contribution >= 4 is 22.9 Å². The highest BCUT2D eigenvalue weighted by Crippen LogP contribution is 2.37. The van der Waals surface area contributed by atoms with E-state index in [1.807, 2.05) is 75.4 Å². The van der Waals surface area contributed by atoms with E-state index in [1.165, 1.54) is 0 Å². The summed E-state index contributed by atoms with van der Waals surface area (Å²) >= 11 is 0. The van der Waals surface area contributed by atoms with E-state index in [4.69, 9.17) is 20.6 Å². The number of hydrogen-bond donors (Lipinski definition) is 2. The van der Waals surface area contributed by atoms with Gasteiger partial charge in [-0.3, -0.25) is 0 Å². The number of benzene rings is 2. The zero-order valence-corrected chi connectivity index (χ0v) is 20.9. The molecule has 0 bridgehead atoms. The predicted octanol–water partition coefficient (Wildman–Crippen LogP) is 5.43. The van der Waals surface area contributed by atoms with Gasteiger partial charge in [0.25, 0.3) is 0 Å². The lowest BCUT2D eigenvalue weighted by atomic mass is 9.95. The average Bonchev–Trinajstić information content (AvgIpc) is 3.24. The van der Waals surface area contributed by atoms with Crippen molar-refractivity contribution in [2.45, 2.75) is 44.8 Å². The molecular weight excluding hydrogens is 475 g/mol. The number of hydrogen-bond acceptors (Lipinski definition) is 6. The highest BCUT2D eigenvalue weighted by Gasteiger charge is 2.36. The fraction of sp³-hybridized carbons (Fsp3) is 0.333. The summed E-state index contributed by atoms with van der Waals surface area (Å²) in [6.45, 7) is 5.90. The number of carboxylic acid groups (broad SMARTS) is 1. The lowest BCUT2D eigenvalue weighted by Gasteiger charge is -2.33. The number of rotatable bonds is 4. The molecule has 0 unspecified atom stereocenters. The van der Waals surface area contributed by atoms with Gasteiger partial charge in [-0.05, 0) is 42.8 Å². The van der Waals surface area contributed by atoms with Crippen LogP contribution < -0.4 is 10.5 Å². The zero-order valence-electron chi connectivity index (χ0n) is 20.9. The summed E-state index contributed by atoms with van der Waals surface area (Å²) in [5, 5.41) is 14.6. The molecule has 1 fully saturated rings. The van der Waals surface area contributed by atoms with Crippen LogP contribution in [-0.2, 0) is 5.41 Å². The van der Waals surface area contributed by atoms with Crippen molar-refractivity contribution in [3.05, 3.63) is 60.4 Å². The van der Waals surface area contributed by atoms with Crippen LogP contribution in [0.2, 0.25) is 0 Å². The van der Waals surface area contributed by atoms with E-state index in [0.717, 1.165) is 16.2 Å². The fourth-order valence-corrected chi connectivity index (χ4v) is 4.48. The van der Waals surface area contributed by atoms with Crippen molar-refractivity contribution in [1.29, 1.82) is 0 Å². The molecule has 1 saturated heterocycles. The predicted molar refractivity (Wildman–Crippen MR) is 139 cm³/mol. The van der Waals surface area contributed by atoms with Crippen molar-refractivity contribution in [2.75, 3.05) is 18.8 Å². The Hall–Kier alpha value is -4.21. The van der Waals surface area contributed by atoms with Gasteiger partial charge in [0.2, 0.25) is 0 Å². The molecule has 37 heavy (non-hydrogen) atoms. The number of fused-ring (bicyclic) bond motifs is 1. The molecule has 0 saturated carbocycles. The molecule has 5 rings (SSSR count).